The van der Waals surface area contributed by atoms with Crippen molar-refractivity contribution in [3.63, 3.8) is 0 Å². The molecule has 152 valence electrons. The second-order valence-electron chi connectivity index (χ2n) is 7.45. The van der Waals surface area contributed by atoms with Gasteiger partial charge in [0.15, 0.2) is 0 Å². The van der Waals surface area contributed by atoms with Crippen LogP contribution >= 0.6 is 0 Å². The highest BCUT2D eigenvalue weighted by Gasteiger charge is 2.24. The zero-order valence-electron chi connectivity index (χ0n) is 16.5. The van der Waals surface area contributed by atoms with Gasteiger partial charge in [-0.15, -0.1) is 0 Å². The maximum atomic E-state index is 13.1. The average Bonchev–Trinajstić information content (AvgIpc) is 3.38. The van der Waals surface area contributed by atoms with E-state index in [-0.39, 0.29) is 16.8 Å². The Labute approximate surface area is 170 Å². The minimum absolute atomic E-state index is 0.101. The van der Waals surface area contributed by atoms with Gasteiger partial charge in [0.05, 0.1) is 22.8 Å². The number of carbonyl (C=O) groups excluding carboxylic acids is 1. The Morgan fingerprint density at radius 3 is 2.45 bits per heavy atom. The number of hydrogen-bond acceptors (Lipinski definition) is 4. The molecule has 3 heterocycles. The third-order valence-corrected chi connectivity index (χ3v) is 7.18. The quantitative estimate of drug-likeness (QED) is 0.660. The number of piperidine rings is 1. The van der Waals surface area contributed by atoms with Crippen molar-refractivity contribution in [1.29, 1.82) is 0 Å². The van der Waals surface area contributed by atoms with E-state index < -0.39 is 10.0 Å². The molecule has 0 aliphatic carbocycles. The van der Waals surface area contributed by atoms with Gasteiger partial charge in [0.1, 0.15) is 0 Å². The Balaban J connectivity index is 1.60. The summed E-state index contributed by atoms with van der Waals surface area (Å²) in [4.78, 5) is 13.6. The number of rotatable bonds is 4. The van der Waals surface area contributed by atoms with E-state index in [1.54, 1.807) is 55.7 Å². The molecule has 2 aromatic heterocycles. The van der Waals surface area contributed by atoms with Gasteiger partial charge in [-0.25, -0.2) is 12.4 Å². The molecule has 0 saturated carbocycles. The summed E-state index contributed by atoms with van der Waals surface area (Å²) in [6.07, 6.45) is 6.83. The lowest BCUT2D eigenvalue weighted by atomic mass is 10.1. The van der Waals surface area contributed by atoms with Crippen LogP contribution < -0.4 is 0 Å². The minimum Gasteiger partial charge on any atom is -0.343 e. The fraction of sp³-hybridized carbons (Fsp3) is 0.333. The smallest absolute Gasteiger partial charge is 0.268 e. The highest BCUT2D eigenvalue weighted by atomic mass is 32.2. The molecule has 0 N–H and O–H groups in total. The third kappa shape index (κ3) is 3.72. The monoisotopic (exact) mass is 412 g/mol. The summed E-state index contributed by atoms with van der Waals surface area (Å²) in [5.41, 5.74) is 2.34. The molecule has 0 spiro atoms. The van der Waals surface area contributed by atoms with Crippen LogP contribution in [0.4, 0.5) is 0 Å². The summed E-state index contributed by atoms with van der Waals surface area (Å²) in [6.45, 7) is 4.95. The first-order valence-electron chi connectivity index (χ1n) is 9.66. The predicted molar refractivity (Wildman–Crippen MR) is 110 cm³/mol. The van der Waals surface area contributed by atoms with Crippen molar-refractivity contribution >= 4 is 15.9 Å². The van der Waals surface area contributed by atoms with Crippen LogP contribution in [0.5, 0.6) is 0 Å². The van der Waals surface area contributed by atoms with Crippen molar-refractivity contribution in [2.45, 2.75) is 37.6 Å². The first-order chi connectivity index (χ1) is 13.9. The van der Waals surface area contributed by atoms with Gasteiger partial charge in [0.25, 0.3) is 10.0 Å². The number of aryl methyl sites for hydroxylation is 1. The third-order valence-electron chi connectivity index (χ3n) is 5.47. The minimum atomic E-state index is -3.69. The van der Waals surface area contributed by atoms with E-state index in [1.807, 2.05) is 22.7 Å². The highest BCUT2D eigenvalue weighted by Crippen LogP contribution is 2.28. The highest BCUT2D eigenvalue weighted by molar-refractivity contribution is 7.90. The molecule has 1 aliphatic heterocycles. The summed E-state index contributed by atoms with van der Waals surface area (Å²) in [5, 5.41) is 4.48. The van der Waals surface area contributed by atoms with Crippen LogP contribution in [0.25, 0.3) is 11.3 Å². The number of hydrogen-bond donors (Lipinski definition) is 0. The van der Waals surface area contributed by atoms with Gasteiger partial charge in [-0.1, -0.05) is 17.7 Å². The van der Waals surface area contributed by atoms with Crippen LogP contribution in [0, 0.1) is 6.92 Å². The van der Waals surface area contributed by atoms with Crippen molar-refractivity contribution in [3.8, 4) is 11.3 Å². The van der Waals surface area contributed by atoms with E-state index in [1.165, 1.54) is 3.97 Å². The van der Waals surface area contributed by atoms with E-state index in [9.17, 15) is 13.2 Å². The number of carbonyl (C=O) groups is 1. The van der Waals surface area contributed by atoms with Crippen molar-refractivity contribution in [2.24, 2.45) is 0 Å². The van der Waals surface area contributed by atoms with Crippen LogP contribution in [0.1, 0.15) is 31.4 Å². The Hall–Kier alpha value is -2.87. The molecule has 0 radical (unpaired) electrons. The SMILES string of the molecule is CC(=O)N1CCC(n2cc(-c3cccn3S(=O)(=O)c3ccc(C)cc3)cn2)CC1. The lowest BCUT2D eigenvalue weighted by Gasteiger charge is -2.31. The molecule has 4 rings (SSSR count). The molecule has 0 bridgehead atoms. The van der Waals surface area contributed by atoms with Crippen LogP contribution in [0.15, 0.2) is 59.9 Å². The van der Waals surface area contributed by atoms with Crippen LogP contribution in [0.3, 0.4) is 0 Å². The molecule has 1 aliphatic rings. The van der Waals surface area contributed by atoms with E-state index in [0.717, 1.165) is 24.0 Å². The van der Waals surface area contributed by atoms with Gasteiger partial charge < -0.3 is 4.90 Å². The molecule has 0 unspecified atom stereocenters. The normalized spacial score (nSPS) is 15.6. The molecule has 1 saturated heterocycles. The standard InChI is InChI=1S/C21H24N4O3S/c1-16-5-7-20(8-6-16)29(27,28)25-11-3-4-21(25)18-14-22-24(15-18)19-9-12-23(13-10-19)17(2)26/h3-8,11,14-15,19H,9-10,12-13H2,1-2H3. The summed E-state index contributed by atoms with van der Waals surface area (Å²) in [5.74, 6) is 0.101. The Bertz CT molecular complexity index is 1120. The summed E-state index contributed by atoms with van der Waals surface area (Å²) in [7, 11) is -3.69. The zero-order valence-corrected chi connectivity index (χ0v) is 17.3. The van der Waals surface area contributed by atoms with E-state index in [0.29, 0.717) is 18.8 Å². The lowest BCUT2D eigenvalue weighted by Crippen LogP contribution is -2.37. The summed E-state index contributed by atoms with van der Waals surface area (Å²) >= 11 is 0. The number of likely N-dealkylation sites (tertiary alicyclic amines) is 1. The Kier molecular flexibility index (Phi) is 5.04. The second kappa shape index (κ2) is 7.51. The van der Waals surface area contributed by atoms with Crippen molar-refractivity contribution in [1.82, 2.24) is 18.7 Å². The number of aromatic nitrogens is 3. The Morgan fingerprint density at radius 1 is 1.10 bits per heavy atom. The van der Waals surface area contributed by atoms with Crippen LogP contribution in [0.2, 0.25) is 0 Å². The molecule has 1 fully saturated rings. The fourth-order valence-corrected chi connectivity index (χ4v) is 5.10. The second-order valence-corrected chi connectivity index (χ2v) is 9.27. The first kappa shape index (κ1) is 19.4. The van der Waals surface area contributed by atoms with Gasteiger partial charge in [-0.3, -0.25) is 9.48 Å². The molecule has 0 atom stereocenters. The number of benzene rings is 1. The topological polar surface area (TPSA) is 77.2 Å². The van der Waals surface area contributed by atoms with Gasteiger partial charge in [-0.05, 0) is 44.0 Å². The van der Waals surface area contributed by atoms with Gasteiger partial charge >= 0.3 is 0 Å². The van der Waals surface area contributed by atoms with Crippen molar-refractivity contribution < 1.29 is 13.2 Å². The maximum absolute atomic E-state index is 13.1. The van der Waals surface area contributed by atoms with Gasteiger partial charge in [-0.2, -0.15) is 5.10 Å². The van der Waals surface area contributed by atoms with Crippen molar-refractivity contribution in [2.75, 3.05) is 13.1 Å². The van der Waals surface area contributed by atoms with Crippen LogP contribution in [-0.4, -0.2) is 46.1 Å². The molecule has 1 aromatic carbocycles. The summed E-state index contributed by atoms with van der Waals surface area (Å²) in [6, 6.07) is 10.6. The average molecular weight is 413 g/mol. The van der Waals surface area contributed by atoms with E-state index in [4.69, 9.17) is 0 Å². The Morgan fingerprint density at radius 2 is 1.79 bits per heavy atom. The molecule has 1 amide bonds. The van der Waals surface area contributed by atoms with Crippen LogP contribution in [-0.2, 0) is 14.8 Å². The molecule has 8 heteroatoms. The first-order valence-corrected chi connectivity index (χ1v) is 11.1. The fourth-order valence-electron chi connectivity index (χ4n) is 3.74. The largest absolute Gasteiger partial charge is 0.343 e. The van der Waals surface area contributed by atoms with E-state index >= 15 is 0 Å². The zero-order chi connectivity index (χ0) is 20.6. The molecular formula is C21H24N4O3S. The molecule has 29 heavy (non-hydrogen) atoms. The van der Waals surface area contributed by atoms with Gasteiger partial charge in [0.2, 0.25) is 5.91 Å². The lowest BCUT2D eigenvalue weighted by molar-refractivity contribution is -0.130. The van der Waals surface area contributed by atoms with Gasteiger partial charge in [0, 0.05) is 38.0 Å². The number of amides is 1. The predicted octanol–water partition coefficient (Wildman–Crippen LogP) is 3.08. The molecule has 7 nitrogen and oxygen atoms in total. The molecular weight excluding hydrogens is 388 g/mol. The summed E-state index contributed by atoms with van der Waals surface area (Å²) < 4.78 is 29.4. The maximum Gasteiger partial charge on any atom is 0.268 e. The van der Waals surface area contributed by atoms with E-state index in [2.05, 4.69) is 5.10 Å². The number of nitrogens with zero attached hydrogens (tertiary/aromatic N) is 4. The molecule has 3 aromatic rings. The van der Waals surface area contributed by atoms with Crippen molar-refractivity contribution in [3.05, 3.63) is 60.6 Å².